The standard InChI is InChI=1S/C27H30ClN3O6S2/c1-37-24-12-16-26(17-13-24)39(35,36)31(23-10-6-21(28)7-11-23)20-27(32)29-22-8-14-25(15-9-22)38(33,34)30-18-4-2-3-5-19-30/h6-17H,2-5,18-20H2,1H3,(H,29,32). The number of carbonyl (C=O) groups is 1. The van der Waals surface area contributed by atoms with Crippen molar-refractivity contribution >= 4 is 48.9 Å². The average molecular weight is 592 g/mol. The molecule has 9 nitrogen and oxygen atoms in total. The molecule has 1 heterocycles. The first kappa shape index (κ1) is 28.9. The quantitative estimate of drug-likeness (QED) is 0.384. The Kier molecular flexibility index (Phi) is 9.16. The van der Waals surface area contributed by atoms with Gasteiger partial charge in [-0.25, -0.2) is 16.8 Å². The van der Waals surface area contributed by atoms with Crippen LogP contribution >= 0.6 is 11.6 Å². The second kappa shape index (κ2) is 12.4. The minimum atomic E-state index is -4.13. The van der Waals surface area contributed by atoms with Crippen LogP contribution in [0.25, 0.3) is 0 Å². The molecule has 12 heteroatoms. The van der Waals surface area contributed by atoms with Gasteiger partial charge in [-0.2, -0.15) is 4.31 Å². The Morgan fingerprint density at radius 2 is 1.41 bits per heavy atom. The maximum Gasteiger partial charge on any atom is 0.264 e. The molecule has 1 N–H and O–H groups in total. The van der Waals surface area contributed by atoms with Gasteiger partial charge in [0.1, 0.15) is 12.3 Å². The number of sulfonamides is 2. The zero-order chi connectivity index (χ0) is 28.0. The van der Waals surface area contributed by atoms with E-state index in [4.69, 9.17) is 16.3 Å². The van der Waals surface area contributed by atoms with Gasteiger partial charge >= 0.3 is 0 Å². The van der Waals surface area contributed by atoms with Crippen molar-refractivity contribution in [2.24, 2.45) is 0 Å². The van der Waals surface area contributed by atoms with Crippen LogP contribution in [0.4, 0.5) is 11.4 Å². The van der Waals surface area contributed by atoms with Gasteiger partial charge in [-0.3, -0.25) is 9.10 Å². The molecule has 0 saturated carbocycles. The SMILES string of the molecule is COc1ccc(S(=O)(=O)N(CC(=O)Nc2ccc(S(=O)(=O)N3CCCCCC3)cc2)c2ccc(Cl)cc2)cc1. The molecule has 1 saturated heterocycles. The third-order valence-electron chi connectivity index (χ3n) is 6.39. The first-order valence-electron chi connectivity index (χ1n) is 12.4. The first-order valence-corrected chi connectivity index (χ1v) is 15.7. The molecule has 0 bridgehead atoms. The predicted molar refractivity (Wildman–Crippen MR) is 151 cm³/mol. The number of rotatable bonds is 9. The zero-order valence-electron chi connectivity index (χ0n) is 21.4. The number of hydrogen-bond acceptors (Lipinski definition) is 6. The van der Waals surface area contributed by atoms with Gasteiger partial charge in [0.15, 0.2) is 0 Å². The van der Waals surface area contributed by atoms with Crippen molar-refractivity contribution < 1.29 is 26.4 Å². The maximum atomic E-state index is 13.5. The Morgan fingerprint density at radius 3 is 1.97 bits per heavy atom. The van der Waals surface area contributed by atoms with E-state index in [1.54, 1.807) is 0 Å². The summed E-state index contributed by atoms with van der Waals surface area (Å²) in [5.74, 6) is -0.115. The topological polar surface area (TPSA) is 113 Å². The average Bonchev–Trinajstić information content (AvgIpc) is 3.23. The highest BCUT2D eigenvalue weighted by molar-refractivity contribution is 7.92. The Morgan fingerprint density at radius 1 is 0.846 bits per heavy atom. The lowest BCUT2D eigenvalue weighted by atomic mass is 10.2. The molecule has 39 heavy (non-hydrogen) atoms. The van der Waals surface area contributed by atoms with Crippen LogP contribution in [-0.2, 0) is 24.8 Å². The third-order valence-corrected chi connectivity index (χ3v) is 10.3. The Hall–Kier alpha value is -3.12. The minimum Gasteiger partial charge on any atom is -0.497 e. The Balaban J connectivity index is 1.53. The van der Waals surface area contributed by atoms with E-state index >= 15 is 0 Å². The number of carbonyl (C=O) groups excluding carboxylic acids is 1. The molecule has 1 fully saturated rings. The Labute approximate surface area is 234 Å². The summed E-state index contributed by atoms with van der Waals surface area (Å²) in [4.78, 5) is 13.1. The molecule has 4 rings (SSSR count). The fourth-order valence-electron chi connectivity index (χ4n) is 4.27. The molecule has 0 radical (unpaired) electrons. The van der Waals surface area contributed by atoms with Crippen molar-refractivity contribution in [3.63, 3.8) is 0 Å². The van der Waals surface area contributed by atoms with Crippen LogP contribution in [0.1, 0.15) is 25.7 Å². The van der Waals surface area contributed by atoms with E-state index < -0.39 is 32.5 Å². The monoisotopic (exact) mass is 591 g/mol. The van der Waals surface area contributed by atoms with Crippen molar-refractivity contribution in [2.75, 3.05) is 36.4 Å². The molecule has 1 amide bonds. The first-order chi connectivity index (χ1) is 18.6. The highest BCUT2D eigenvalue weighted by Gasteiger charge is 2.28. The van der Waals surface area contributed by atoms with Gasteiger partial charge in [0.05, 0.1) is 22.6 Å². The van der Waals surface area contributed by atoms with Crippen molar-refractivity contribution in [1.29, 1.82) is 0 Å². The molecule has 1 aliphatic rings. The summed E-state index contributed by atoms with van der Waals surface area (Å²) >= 11 is 5.99. The van der Waals surface area contributed by atoms with Crippen molar-refractivity contribution in [2.45, 2.75) is 35.5 Å². The van der Waals surface area contributed by atoms with E-state index in [-0.39, 0.29) is 15.5 Å². The highest BCUT2D eigenvalue weighted by Crippen LogP contribution is 2.27. The van der Waals surface area contributed by atoms with Gasteiger partial charge in [0, 0.05) is 23.8 Å². The lowest BCUT2D eigenvalue weighted by Gasteiger charge is -2.24. The third kappa shape index (κ3) is 6.91. The number of benzene rings is 3. The second-order valence-corrected chi connectivity index (χ2v) is 13.3. The molecule has 1 aliphatic heterocycles. The molecule has 0 unspecified atom stereocenters. The molecular weight excluding hydrogens is 562 g/mol. The maximum absolute atomic E-state index is 13.5. The van der Waals surface area contributed by atoms with Crippen LogP contribution in [0.2, 0.25) is 5.02 Å². The summed E-state index contributed by atoms with van der Waals surface area (Å²) in [6, 6.07) is 17.8. The lowest BCUT2D eigenvalue weighted by molar-refractivity contribution is -0.114. The van der Waals surface area contributed by atoms with Gasteiger partial charge in [-0.1, -0.05) is 24.4 Å². The van der Waals surface area contributed by atoms with Crippen LogP contribution in [0, 0.1) is 0 Å². The zero-order valence-corrected chi connectivity index (χ0v) is 23.8. The molecule has 208 valence electrons. The van der Waals surface area contributed by atoms with E-state index in [1.165, 1.54) is 84.2 Å². The largest absolute Gasteiger partial charge is 0.497 e. The van der Waals surface area contributed by atoms with Crippen LogP contribution in [0.3, 0.4) is 0 Å². The fourth-order valence-corrected chi connectivity index (χ4v) is 7.33. The summed E-state index contributed by atoms with van der Waals surface area (Å²) in [6.45, 7) is 0.456. The van der Waals surface area contributed by atoms with Crippen molar-refractivity contribution in [1.82, 2.24) is 4.31 Å². The van der Waals surface area contributed by atoms with Crippen LogP contribution in [0.15, 0.2) is 82.6 Å². The number of ether oxygens (including phenoxy) is 1. The van der Waals surface area contributed by atoms with Gasteiger partial charge in [-0.15, -0.1) is 0 Å². The van der Waals surface area contributed by atoms with E-state index in [0.29, 0.717) is 29.5 Å². The van der Waals surface area contributed by atoms with E-state index in [9.17, 15) is 21.6 Å². The number of anilines is 2. The smallest absolute Gasteiger partial charge is 0.264 e. The number of amides is 1. The molecule has 3 aromatic carbocycles. The summed E-state index contributed by atoms with van der Waals surface area (Å²) in [5.41, 5.74) is 0.594. The van der Waals surface area contributed by atoms with Crippen molar-refractivity contribution in [3.05, 3.63) is 77.8 Å². The fraction of sp³-hybridized carbons (Fsp3) is 0.296. The van der Waals surface area contributed by atoms with Crippen molar-refractivity contribution in [3.8, 4) is 5.75 Å². The predicted octanol–water partition coefficient (Wildman–Crippen LogP) is 4.75. The van der Waals surface area contributed by atoms with Gasteiger partial charge in [-0.05, 0) is 85.6 Å². The molecule has 0 aliphatic carbocycles. The summed E-state index contributed by atoms with van der Waals surface area (Å²) in [7, 11) is -6.29. The van der Waals surface area contributed by atoms with Gasteiger partial charge in [0.2, 0.25) is 15.9 Å². The number of nitrogens with zero attached hydrogens (tertiary/aromatic N) is 2. The van der Waals surface area contributed by atoms with Gasteiger partial charge in [0.25, 0.3) is 10.0 Å². The number of halogens is 1. The highest BCUT2D eigenvalue weighted by atomic mass is 35.5. The van der Waals surface area contributed by atoms with Gasteiger partial charge < -0.3 is 10.1 Å². The summed E-state index contributed by atoms with van der Waals surface area (Å²) in [6.07, 6.45) is 3.68. The molecular formula is C27H30ClN3O6S2. The number of nitrogens with one attached hydrogen (secondary N) is 1. The summed E-state index contributed by atoms with van der Waals surface area (Å²) < 4.78 is 60.7. The summed E-state index contributed by atoms with van der Waals surface area (Å²) in [5, 5.41) is 3.08. The Bertz CT molecular complexity index is 1490. The molecule has 3 aromatic rings. The molecule has 0 spiro atoms. The van der Waals surface area contributed by atoms with Crippen LogP contribution < -0.4 is 14.4 Å². The van der Waals surface area contributed by atoms with E-state index in [0.717, 1.165) is 30.0 Å². The molecule has 0 atom stereocenters. The number of hydrogen-bond donors (Lipinski definition) is 1. The normalized spacial score (nSPS) is 14.8. The van der Waals surface area contributed by atoms with Crippen LogP contribution in [-0.4, -0.2) is 53.8 Å². The second-order valence-electron chi connectivity index (χ2n) is 9.05. The lowest BCUT2D eigenvalue weighted by Crippen LogP contribution is -2.38. The molecule has 0 aromatic heterocycles. The number of methoxy groups -OCH3 is 1. The van der Waals surface area contributed by atoms with E-state index in [2.05, 4.69) is 5.32 Å². The van der Waals surface area contributed by atoms with E-state index in [1.807, 2.05) is 0 Å². The minimum absolute atomic E-state index is 0.0193. The van der Waals surface area contributed by atoms with Crippen LogP contribution in [0.5, 0.6) is 5.75 Å².